The molecule has 1 nitrogen and oxygen atoms in total. The first-order valence-electron chi connectivity index (χ1n) is 7.16. The minimum Gasteiger partial charge on any atom is -0.399 e. The van der Waals surface area contributed by atoms with Gasteiger partial charge in [-0.2, -0.15) is 0 Å². The fraction of sp³-hybridized carbons (Fsp3) is 0.263. The number of aryl methyl sites for hydroxylation is 2. The van der Waals surface area contributed by atoms with Gasteiger partial charge in [0, 0.05) is 5.69 Å². The smallest absolute Gasteiger partial charge is 0.0320 e. The molecule has 0 aliphatic carbocycles. The average molecular weight is 265 g/mol. The van der Waals surface area contributed by atoms with E-state index < -0.39 is 0 Å². The standard InChI is InChI=1S/C19H23N/c1-5-17(19-12-16(20)11-10-14(19)3)15(4)18-9-7-6-8-13(18)2/h6-12H,5,20H2,1-4H3/b17-15+. The lowest BCUT2D eigenvalue weighted by atomic mass is 9.89. The van der Waals surface area contributed by atoms with E-state index in [1.54, 1.807) is 0 Å². The Kier molecular flexibility index (Phi) is 4.29. The lowest BCUT2D eigenvalue weighted by molar-refractivity contribution is 1.22. The van der Waals surface area contributed by atoms with Gasteiger partial charge in [-0.15, -0.1) is 0 Å². The maximum Gasteiger partial charge on any atom is 0.0320 e. The third kappa shape index (κ3) is 2.77. The Morgan fingerprint density at radius 3 is 2.25 bits per heavy atom. The zero-order valence-electron chi connectivity index (χ0n) is 12.8. The van der Waals surface area contributed by atoms with Crippen molar-refractivity contribution in [2.75, 3.05) is 5.73 Å². The first-order chi connectivity index (χ1) is 9.54. The Hall–Kier alpha value is -2.02. The summed E-state index contributed by atoms with van der Waals surface area (Å²) >= 11 is 0. The van der Waals surface area contributed by atoms with E-state index in [0.29, 0.717) is 0 Å². The van der Waals surface area contributed by atoms with Crippen LogP contribution in [0.3, 0.4) is 0 Å². The summed E-state index contributed by atoms with van der Waals surface area (Å²) in [5, 5.41) is 0. The van der Waals surface area contributed by atoms with Crippen molar-refractivity contribution in [2.24, 2.45) is 0 Å². The normalized spacial score (nSPS) is 12.2. The maximum absolute atomic E-state index is 5.97. The van der Waals surface area contributed by atoms with Gasteiger partial charge in [-0.25, -0.2) is 0 Å². The molecule has 104 valence electrons. The molecule has 0 saturated carbocycles. The number of hydrogen-bond acceptors (Lipinski definition) is 1. The molecule has 0 aliphatic rings. The fourth-order valence-corrected chi connectivity index (χ4v) is 2.78. The molecule has 0 aromatic heterocycles. The van der Waals surface area contributed by atoms with Crippen LogP contribution in [0.2, 0.25) is 0 Å². The molecule has 0 spiro atoms. The van der Waals surface area contributed by atoms with Crippen LogP contribution in [0, 0.1) is 13.8 Å². The first-order valence-corrected chi connectivity index (χ1v) is 7.16. The van der Waals surface area contributed by atoms with Crippen LogP contribution in [-0.4, -0.2) is 0 Å². The lowest BCUT2D eigenvalue weighted by Crippen LogP contribution is -1.96. The topological polar surface area (TPSA) is 26.0 Å². The number of anilines is 1. The number of nitrogen functional groups attached to an aromatic ring is 1. The molecule has 0 amide bonds. The van der Waals surface area contributed by atoms with Gasteiger partial charge in [0.2, 0.25) is 0 Å². The molecule has 0 heterocycles. The van der Waals surface area contributed by atoms with Crippen LogP contribution in [0.1, 0.15) is 42.5 Å². The molecule has 2 aromatic carbocycles. The predicted octanol–water partition coefficient (Wildman–Crippen LogP) is 5.23. The van der Waals surface area contributed by atoms with E-state index in [-0.39, 0.29) is 0 Å². The summed E-state index contributed by atoms with van der Waals surface area (Å²) < 4.78 is 0. The van der Waals surface area contributed by atoms with Gasteiger partial charge in [-0.05, 0) is 72.7 Å². The zero-order valence-corrected chi connectivity index (χ0v) is 12.8. The Labute approximate surface area is 122 Å². The summed E-state index contributed by atoms with van der Waals surface area (Å²) in [6.45, 7) is 8.73. The van der Waals surface area contributed by atoms with Gasteiger partial charge in [-0.3, -0.25) is 0 Å². The summed E-state index contributed by atoms with van der Waals surface area (Å²) in [6, 6.07) is 14.7. The van der Waals surface area contributed by atoms with Crippen LogP contribution in [0.5, 0.6) is 0 Å². The molecule has 2 aromatic rings. The Balaban J connectivity index is 2.64. The van der Waals surface area contributed by atoms with Crippen molar-refractivity contribution in [3.05, 3.63) is 64.7 Å². The Morgan fingerprint density at radius 1 is 0.950 bits per heavy atom. The van der Waals surface area contributed by atoms with Gasteiger partial charge < -0.3 is 5.73 Å². The van der Waals surface area contributed by atoms with Gasteiger partial charge in [0.1, 0.15) is 0 Å². The molecule has 2 N–H and O–H groups in total. The molecular weight excluding hydrogens is 242 g/mol. The van der Waals surface area contributed by atoms with Gasteiger partial charge in [-0.1, -0.05) is 37.3 Å². The molecule has 0 saturated heterocycles. The number of rotatable bonds is 3. The zero-order chi connectivity index (χ0) is 14.7. The third-order valence-electron chi connectivity index (χ3n) is 3.94. The second kappa shape index (κ2) is 5.96. The minimum atomic E-state index is 0.828. The van der Waals surface area contributed by atoms with Crippen LogP contribution >= 0.6 is 0 Å². The Morgan fingerprint density at radius 2 is 1.60 bits per heavy atom. The lowest BCUT2D eigenvalue weighted by Gasteiger charge is -2.16. The van der Waals surface area contributed by atoms with Crippen LogP contribution in [0.25, 0.3) is 11.1 Å². The van der Waals surface area contributed by atoms with E-state index in [1.165, 1.54) is 33.4 Å². The van der Waals surface area contributed by atoms with Crippen molar-refractivity contribution in [3.63, 3.8) is 0 Å². The summed E-state index contributed by atoms with van der Waals surface area (Å²) in [5.41, 5.74) is 14.7. The summed E-state index contributed by atoms with van der Waals surface area (Å²) in [5.74, 6) is 0. The van der Waals surface area contributed by atoms with Crippen LogP contribution < -0.4 is 5.73 Å². The number of benzene rings is 2. The fourth-order valence-electron chi connectivity index (χ4n) is 2.78. The summed E-state index contributed by atoms with van der Waals surface area (Å²) in [7, 11) is 0. The second-order valence-electron chi connectivity index (χ2n) is 5.35. The maximum atomic E-state index is 5.97. The quantitative estimate of drug-likeness (QED) is 0.597. The SMILES string of the molecule is CC/C(=C(/C)c1ccccc1C)c1cc(N)ccc1C. The van der Waals surface area contributed by atoms with E-state index in [1.807, 2.05) is 6.07 Å². The molecule has 0 bridgehead atoms. The predicted molar refractivity (Wildman–Crippen MR) is 89.5 cm³/mol. The molecule has 2 rings (SSSR count). The van der Waals surface area contributed by atoms with E-state index in [2.05, 4.69) is 64.1 Å². The van der Waals surface area contributed by atoms with Gasteiger partial charge in [0.15, 0.2) is 0 Å². The highest BCUT2D eigenvalue weighted by Gasteiger charge is 2.10. The largest absolute Gasteiger partial charge is 0.399 e. The van der Waals surface area contributed by atoms with Crippen molar-refractivity contribution >= 4 is 16.8 Å². The molecule has 20 heavy (non-hydrogen) atoms. The van der Waals surface area contributed by atoms with Crippen LogP contribution in [-0.2, 0) is 0 Å². The van der Waals surface area contributed by atoms with E-state index in [4.69, 9.17) is 5.73 Å². The highest BCUT2D eigenvalue weighted by atomic mass is 14.5. The van der Waals surface area contributed by atoms with Crippen molar-refractivity contribution in [1.82, 2.24) is 0 Å². The van der Waals surface area contributed by atoms with Crippen molar-refractivity contribution in [3.8, 4) is 0 Å². The number of hydrogen-bond donors (Lipinski definition) is 1. The van der Waals surface area contributed by atoms with Crippen molar-refractivity contribution in [1.29, 1.82) is 0 Å². The highest BCUT2D eigenvalue weighted by Crippen LogP contribution is 2.32. The van der Waals surface area contributed by atoms with E-state index in [0.717, 1.165) is 12.1 Å². The molecule has 0 fully saturated rings. The minimum absolute atomic E-state index is 0.828. The highest BCUT2D eigenvalue weighted by molar-refractivity contribution is 5.92. The summed E-state index contributed by atoms with van der Waals surface area (Å²) in [4.78, 5) is 0. The molecular formula is C19H23N. The number of allylic oxidation sites excluding steroid dienone is 2. The first kappa shape index (κ1) is 14.4. The number of nitrogens with two attached hydrogens (primary N) is 1. The molecule has 1 heteroatoms. The molecule has 0 atom stereocenters. The van der Waals surface area contributed by atoms with Crippen molar-refractivity contribution in [2.45, 2.75) is 34.1 Å². The van der Waals surface area contributed by atoms with Gasteiger partial charge >= 0.3 is 0 Å². The van der Waals surface area contributed by atoms with Crippen LogP contribution in [0.15, 0.2) is 42.5 Å². The van der Waals surface area contributed by atoms with E-state index in [9.17, 15) is 0 Å². The monoisotopic (exact) mass is 265 g/mol. The van der Waals surface area contributed by atoms with Crippen LogP contribution in [0.4, 0.5) is 5.69 Å². The molecule has 0 unspecified atom stereocenters. The molecule has 0 aliphatic heterocycles. The summed E-state index contributed by atoms with van der Waals surface area (Å²) in [6.07, 6.45) is 1.00. The van der Waals surface area contributed by atoms with Gasteiger partial charge in [0.05, 0.1) is 0 Å². The molecule has 0 radical (unpaired) electrons. The average Bonchev–Trinajstić information content (AvgIpc) is 2.44. The van der Waals surface area contributed by atoms with Crippen molar-refractivity contribution < 1.29 is 0 Å². The van der Waals surface area contributed by atoms with E-state index >= 15 is 0 Å². The third-order valence-corrected chi connectivity index (χ3v) is 3.94. The van der Waals surface area contributed by atoms with Gasteiger partial charge in [0.25, 0.3) is 0 Å². The Bertz CT molecular complexity index is 651. The second-order valence-corrected chi connectivity index (χ2v) is 5.35.